The zero-order valence-corrected chi connectivity index (χ0v) is 8.37. The molecular formula is C11H12F2O2. The maximum atomic E-state index is 11.8. The van der Waals surface area contributed by atoms with Crippen LogP contribution in [-0.4, -0.2) is 18.8 Å². The van der Waals surface area contributed by atoms with Gasteiger partial charge in [0.25, 0.3) is 0 Å². The molecule has 0 saturated carbocycles. The number of carbonyl (C=O) groups is 1. The minimum Gasteiger partial charge on any atom is -0.493 e. The van der Waals surface area contributed by atoms with Gasteiger partial charge in [-0.05, 0) is 19.1 Å². The normalized spacial score (nSPS) is 10.4. The SMILES string of the molecule is CC(=O)c1ccccc1OCCC(F)F. The molecule has 0 unspecified atom stereocenters. The standard InChI is InChI=1S/C11H12F2O2/c1-8(14)9-4-2-3-5-10(9)15-7-6-11(12)13/h2-5,11H,6-7H2,1H3. The molecule has 0 fully saturated rings. The van der Waals surface area contributed by atoms with E-state index in [-0.39, 0.29) is 18.8 Å². The van der Waals surface area contributed by atoms with Gasteiger partial charge in [0.2, 0.25) is 6.43 Å². The number of carbonyl (C=O) groups excluding carboxylic acids is 1. The summed E-state index contributed by atoms with van der Waals surface area (Å²) in [4.78, 5) is 11.1. The quantitative estimate of drug-likeness (QED) is 0.704. The summed E-state index contributed by atoms with van der Waals surface area (Å²) in [5.74, 6) is 0.230. The summed E-state index contributed by atoms with van der Waals surface area (Å²) in [6.07, 6.45) is -2.71. The van der Waals surface area contributed by atoms with E-state index >= 15 is 0 Å². The largest absolute Gasteiger partial charge is 0.493 e. The molecule has 15 heavy (non-hydrogen) atoms. The number of rotatable bonds is 5. The summed E-state index contributed by atoms with van der Waals surface area (Å²) >= 11 is 0. The first-order chi connectivity index (χ1) is 7.11. The van der Waals surface area contributed by atoms with E-state index in [4.69, 9.17) is 4.74 Å². The zero-order valence-electron chi connectivity index (χ0n) is 8.37. The Bertz CT molecular complexity index is 337. The van der Waals surface area contributed by atoms with Crippen molar-refractivity contribution in [1.29, 1.82) is 0 Å². The highest BCUT2D eigenvalue weighted by Gasteiger charge is 2.08. The first-order valence-corrected chi connectivity index (χ1v) is 4.62. The van der Waals surface area contributed by atoms with Crippen LogP contribution in [0.5, 0.6) is 5.75 Å². The van der Waals surface area contributed by atoms with Crippen molar-refractivity contribution in [2.45, 2.75) is 19.8 Å². The number of ether oxygens (including phenoxy) is 1. The van der Waals surface area contributed by atoms with E-state index in [1.54, 1.807) is 24.3 Å². The molecule has 2 nitrogen and oxygen atoms in total. The van der Waals surface area contributed by atoms with Crippen LogP contribution in [0.4, 0.5) is 8.78 Å². The molecular weight excluding hydrogens is 202 g/mol. The molecule has 0 atom stereocenters. The van der Waals surface area contributed by atoms with Gasteiger partial charge in [-0.3, -0.25) is 4.79 Å². The van der Waals surface area contributed by atoms with Gasteiger partial charge in [0.1, 0.15) is 5.75 Å². The van der Waals surface area contributed by atoms with Crippen molar-refractivity contribution in [3.05, 3.63) is 29.8 Å². The number of Topliss-reactive ketones (excluding diaryl/α,β-unsaturated/α-hetero) is 1. The molecule has 0 N–H and O–H groups in total. The van der Waals surface area contributed by atoms with Gasteiger partial charge in [0.05, 0.1) is 12.2 Å². The van der Waals surface area contributed by atoms with Gasteiger partial charge in [0.15, 0.2) is 5.78 Å². The van der Waals surface area contributed by atoms with Crippen LogP contribution in [0.3, 0.4) is 0 Å². The number of alkyl halides is 2. The first kappa shape index (κ1) is 11.6. The van der Waals surface area contributed by atoms with Gasteiger partial charge >= 0.3 is 0 Å². The first-order valence-electron chi connectivity index (χ1n) is 4.62. The Morgan fingerprint density at radius 2 is 2.07 bits per heavy atom. The fourth-order valence-corrected chi connectivity index (χ4v) is 1.14. The molecule has 0 aliphatic carbocycles. The number of hydrogen-bond donors (Lipinski definition) is 0. The fraction of sp³-hybridized carbons (Fsp3) is 0.364. The van der Waals surface area contributed by atoms with Crippen molar-refractivity contribution in [2.75, 3.05) is 6.61 Å². The second-order valence-corrected chi connectivity index (χ2v) is 3.08. The molecule has 0 spiro atoms. The Morgan fingerprint density at radius 3 is 2.67 bits per heavy atom. The van der Waals surface area contributed by atoms with Crippen LogP contribution in [0, 0.1) is 0 Å². The fourth-order valence-electron chi connectivity index (χ4n) is 1.14. The summed E-state index contributed by atoms with van der Waals surface area (Å²) in [5, 5.41) is 0. The molecule has 0 heterocycles. The van der Waals surface area contributed by atoms with Crippen LogP contribution < -0.4 is 4.74 Å². The predicted molar refractivity (Wildman–Crippen MR) is 52.6 cm³/mol. The highest BCUT2D eigenvalue weighted by atomic mass is 19.3. The molecule has 1 rings (SSSR count). The van der Waals surface area contributed by atoms with Gasteiger partial charge in [-0.1, -0.05) is 12.1 Å². The van der Waals surface area contributed by atoms with Crippen molar-refractivity contribution >= 4 is 5.78 Å². The molecule has 0 amide bonds. The van der Waals surface area contributed by atoms with Gasteiger partial charge < -0.3 is 4.74 Å². The molecule has 0 aliphatic rings. The van der Waals surface area contributed by atoms with E-state index in [1.807, 2.05) is 0 Å². The van der Waals surface area contributed by atoms with Crippen molar-refractivity contribution in [1.82, 2.24) is 0 Å². The molecule has 0 aromatic heterocycles. The second kappa shape index (κ2) is 5.44. The number of para-hydroxylation sites is 1. The number of ketones is 1. The van der Waals surface area contributed by atoms with Gasteiger partial charge in [-0.25, -0.2) is 8.78 Å². The number of benzene rings is 1. The average Bonchev–Trinajstić information content (AvgIpc) is 2.17. The lowest BCUT2D eigenvalue weighted by Crippen LogP contribution is -2.05. The monoisotopic (exact) mass is 214 g/mol. The zero-order chi connectivity index (χ0) is 11.3. The Balaban J connectivity index is 2.63. The molecule has 0 aliphatic heterocycles. The molecule has 82 valence electrons. The van der Waals surface area contributed by atoms with Crippen LogP contribution in [0.25, 0.3) is 0 Å². The average molecular weight is 214 g/mol. The smallest absolute Gasteiger partial charge is 0.241 e. The Morgan fingerprint density at radius 1 is 1.40 bits per heavy atom. The van der Waals surface area contributed by atoms with Crippen LogP contribution in [0.1, 0.15) is 23.7 Å². The minimum atomic E-state index is -2.38. The van der Waals surface area contributed by atoms with E-state index in [2.05, 4.69) is 0 Å². The summed E-state index contributed by atoms with van der Waals surface area (Å²) in [6.45, 7) is 1.33. The lowest BCUT2D eigenvalue weighted by atomic mass is 10.1. The third-order valence-electron chi connectivity index (χ3n) is 1.86. The van der Waals surface area contributed by atoms with Gasteiger partial charge in [-0.15, -0.1) is 0 Å². The molecule has 4 heteroatoms. The highest BCUT2D eigenvalue weighted by Crippen LogP contribution is 2.18. The van der Waals surface area contributed by atoms with Crippen molar-refractivity contribution in [3.63, 3.8) is 0 Å². The van der Waals surface area contributed by atoms with Gasteiger partial charge in [0, 0.05) is 6.42 Å². The van der Waals surface area contributed by atoms with E-state index in [1.165, 1.54) is 6.92 Å². The van der Waals surface area contributed by atoms with E-state index in [9.17, 15) is 13.6 Å². The molecule has 0 saturated heterocycles. The van der Waals surface area contributed by atoms with Crippen LogP contribution in [0.2, 0.25) is 0 Å². The van der Waals surface area contributed by atoms with E-state index in [0.29, 0.717) is 11.3 Å². The van der Waals surface area contributed by atoms with Crippen LogP contribution >= 0.6 is 0 Å². The van der Waals surface area contributed by atoms with Crippen molar-refractivity contribution in [2.24, 2.45) is 0 Å². The topological polar surface area (TPSA) is 26.3 Å². The molecule has 0 bridgehead atoms. The summed E-state index contributed by atoms with van der Waals surface area (Å²) in [7, 11) is 0. The maximum absolute atomic E-state index is 11.8. The van der Waals surface area contributed by atoms with Crippen molar-refractivity contribution in [3.8, 4) is 5.75 Å². The number of halogens is 2. The highest BCUT2D eigenvalue weighted by molar-refractivity contribution is 5.96. The molecule has 1 aromatic rings. The Hall–Kier alpha value is -1.45. The Kier molecular flexibility index (Phi) is 4.21. The predicted octanol–water partition coefficient (Wildman–Crippen LogP) is 2.92. The number of hydrogen-bond acceptors (Lipinski definition) is 2. The third kappa shape index (κ3) is 3.65. The van der Waals surface area contributed by atoms with Gasteiger partial charge in [-0.2, -0.15) is 0 Å². The molecule has 1 aromatic carbocycles. The van der Waals surface area contributed by atoms with Crippen molar-refractivity contribution < 1.29 is 18.3 Å². The maximum Gasteiger partial charge on any atom is 0.241 e. The lowest BCUT2D eigenvalue weighted by molar-refractivity contribution is 0.100. The summed E-state index contributed by atoms with van der Waals surface area (Å²) in [5.41, 5.74) is 0.423. The summed E-state index contributed by atoms with van der Waals surface area (Å²) < 4.78 is 28.8. The third-order valence-corrected chi connectivity index (χ3v) is 1.86. The van der Waals surface area contributed by atoms with Crippen LogP contribution in [-0.2, 0) is 0 Å². The molecule has 0 radical (unpaired) electrons. The Labute approximate surface area is 86.9 Å². The van der Waals surface area contributed by atoms with E-state index < -0.39 is 6.43 Å². The van der Waals surface area contributed by atoms with E-state index in [0.717, 1.165) is 0 Å². The second-order valence-electron chi connectivity index (χ2n) is 3.08. The summed E-state index contributed by atoms with van der Waals surface area (Å²) in [6, 6.07) is 6.61. The minimum absolute atomic E-state index is 0.0814. The van der Waals surface area contributed by atoms with Crippen LogP contribution in [0.15, 0.2) is 24.3 Å². The lowest BCUT2D eigenvalue weighted by Gasteiger charge is -2.08.